The number of amides is 10. The summed E-state index contributed by atoms with van der Waals surface area (Å²) in [5.41, 5.74) is -4.24. The molecule has 0 radical (unpaired) electrons. The van der Waals surface area contributed by atoms with Crippen LogP contribution >= 0.6 is 0 Å². The largest absolute Gasteiger partial charge is 0.497 e. The van der Waals surface area contributed by atoms with E-state index in [-0.39, 0.29) is 47.1 Å². The van der Waals surface area contributed by atoms with Crippen LogP contribution in [0.25, 0.3) is 22.1 Å². The molecule has 10 amide bonds. The van der Waals surface area contributed by atoms with Gasteiger partial charge in [-0.05, 0) is 76.6 Å². The number of nitrogens with one attached hydrogen (secondary N) is 4. The summed E-state index contributed by atoms with van der Waals surface area (Å²) in [7, 11) is 7.25. The Kier molecular flexibility index (Phi) is 24.3. The number of esters is 4. The zero-order chi connectivity index (χ0) is 77.5. The molecule has 2 aromatic heterocycles. The predicted octanol–water partition coefficient (Wildman–Crippen LogP) is -2.76. The highest BCUT2D eigenvalue weighted by Crippen LogP contribution is 2.40. The van der Waals surface area contributed by atoms with E-state index in [0.29, 0.717) is 45.4 Å². The Hall–Kier alpha value is -11.4. The third-order valence-corrected chi connectivity index (χ3v) is 18.4. The highest BCUT2D eigenvalue weighted by Gasteiger charge is 2.51. The Morgan fingerprint density at radius 1 is 0.547 bits per heavy atom. The SMILES string of the molecule is COc1ccc2nc(C(=O)N[C@@H]3COC(=O)[C@H](C(C)(C)O)N(C)C(=O)CN(C)C(=O)CNC(=O)[C@@H]4[C@@H](OC(=O)C5CC5C)CC=NN4C(=O)[C@H](NC(=O)c4cnc5cc(OC)ccc5n4)COC(=O)[C@H](C(C)(C)O)N(C)C(=O)CN(C)C(=O)CNC(=O)[C@@H]4[C@@H](OC(=O)C5CC5C)CC=NN4C3=O)cnc2c1. The van der Waals surface area contributed by atoms with E-state index in [2.05, 4.69) is 51.4 Å². The molecule has 38 nitrogen and oxygen atoms in total. The van der Waals surface area contributed by atoms with Crippen molar-refractivity contribution in [2.45, 2.75) is 127 Å². The molecule has 5 aliphatic rings. The number of hydrazone groups is 2. The van der Waals surface area contributed by atoms with E-state index in [1.54, 1.807) is 13.8 Å². The first-order chi connectivity index (χ1) is 50.0. The number of hydrogen-bond acceptors (Lipinski definition) is 28. The summed E-state index contributed by atoms with van der Waals surface area (Å²) in [5, 5.41) is 42.2. The Labute approximate surface area is 606 Å². The van der Waals surface area contributed by atoms with Gasteiger partial charge in [0.1, 0.15) is 60.4 Å². The number of rotatable bonds is 12. The van der Waals surface area contributed by atoms with Crippen molar-refractivity contribution in [1.82, 2.24) is 70.8 Å². The number of carbonyl (C=O) groups is 14. The zero-order valence-electron chi connectivity index (χ0n) is 60.2. The van der Waals surface area contributed by atoms with Gasteiger partial charge in [-0.2, -0.15) is 10.2 Å². The van der Waals surface area contributed by atoms with E-state index in [1.165, 1.54) is 50.6 Å². The lowest BCUT2D eigenvalue weighted by molar-refractivity contribution is -0.168. The smallest absolute Gasteiger partial charge is 0.331 e. The Morgan fingerprint density at radius 2 is 0.906 bits per heavy atom. The normalized spacial score (nSPS) is 26.1. The molecular formula is C68H84N16O22. The van der Waals surface area contributed by atoms with Crippen molar-refractivity contribution in [3.8, 4) is 11.5 Å². The van der Waals surface area contributed by atoms with Gasteiger partial charge in [-0.15, -0.1) is 0 Å². The second-order valence-electron chi connectivity index (χ2n) is 27.5. The van der Waals surface area contributed by atoms with E-state index < -0.39 is 194 Å². The third kappa shape index (κ3) is 18.5. The Morgan fingerprint density at radius 3 is 1.24 bits per heavy atom. The molecule has 568 valence electrons. The van der Waals surface area contributed by atoms with Gasteiger partial charge in [-0.25, -0.2) is 29.6 Å². The van der Waals surface area contributed by atoms with Crippen molar-refractivity contribution in [3.63, 3.8) is 0 Å². The number of hydrogen-bond donors (Lipinski definition) is 6. The highest BCUT2D eigenvalue weighted by atomic mass is 16.6. The van der Waals surface area contributed by atoms with E-state index in [9.17, 15) is 67.7 Å². The van der Waals surface area contributed by atoms with Crippen LogP contribution in [0.15, 0.2) is 59.0 Å². The van der Waals surface area contributed by atoms with Gasteiger partial charge in [0.25, 0.3) is 23.6 Å². The number of cyclic esters (lactones) is 2. The van der Waals surface area contributed by atoms with Crippen LogP contribution in [0.4, 0.5) is 0 Å². The van der Waals surface area contributed by atoms with Crippen LogP contribution in [0, 0.1) is 23.7 Å². The van der Waals surface area contributed by atoms with Crippen LogP contribution in [0.1, 0.15) is 88.2 Å². The average Bonchev–Trinajstić information content (AvgIpc) is 1.15. The fraction of sp³-hybridized carbons (Fsp3) is 0.529. The lowest BCUT2D eigenvalue weighted by Crippen LogP contribution is -2.62. The quantitative estimate of drug-likeness (QED) is 0.0618. The lowest BCUT2D eigenvalue weighted by atomic mass is 9.97. The van der Waals surface area contributed by atoms with Crippen molar-refractivity contribution < 1.29 is 106 Å². The summed E-state index contributed by atoms with van der Waals surface area (Å²) in [6.07, 6.45) is 1.54. The first kappa shape index (κ1) is 78.7. The maximum absolute atomic E-state index is 15.2. The second kappa shape index (κ2) is 32.7. The van der Waals surface area contributed by atoms with Crippen LogP contribution < -0.4 is 30.7 Å². The van der Waals surface area contributed by atoms with Gasteiger partial charge >= 0.3 is 23.9 Å². The number of benzene rings is 2. The molecule has 106 heavy (non-hydrogen) atoms. The first-order valence-corrected chi connectivity index (χ1v) is 33.7. The molecular weight excluding hydrogens is 1390 g/mol. The molecule has 2 aliphatic carbocycles. The van der Waals surface area contributed by atoms with Crippen molar-refractivity contribution in [2.24, 2.45) is 33.9 Å². The molecule has 38 heteroatoms. The number of fused-ring (bicyclic) bond motifs is 4. The minimum Gasteiger partial charge on any atom is -0.497 e. The Balaban J connectivity index is 1.06. The zero-order valence-corrected chi connectivity index (χ0v) is 60.2. The third-order valence-electron chi connectivity index (χ3n) is 18.4. The summed E-state index contributed by atoms with van der Waals surface area (Å²) in [6, 6.07) is -2.94. The molecule has 5 heterocycles. The molecule has 2 saturated carbocycles. The first-order valence-electron chi connectivity index (χ1n) is 33.7. The molecule has 0 spiro atoms. The van der Waals surface area contributed by atoms with Crippen LogP contribution in [0.2, 0.25) is 0 Å². The molecule has 4 unspecified atom stereocenters. The number of methoxy groups -OCH3 is 2. The van der Waals surface area contributed by atoms with Crippen LogP contribution in [0.5, 0.6) is 11.5 Å². The van der Waals surface area contributed by atoms with Crippen molar-refractivity contribution in [2.75, 3.05) is 81.8 Å². The molecule has 12 atom stereocenters. The van der Waals surface area contributed by atoms with Gasteiger partial charge in [-0.1, -0.05) is 13.8 Å². The van der Waals surface area contributed by atoms with E-state index in [4.69, 9.17) is 28.4 Å². The molecule has 4 aromatic rings. The molecule has 1 saturated heterocycles. The predicted molar refractivity (Wildman–Crippen MR) is 365 cm³/mol. The summed E-state index contributed by atoms with van der Waals surface area (Å²) in [5.74, 6) is -16.2. The van der Waals surface area contributed by atoms with E-state index >= 15 is 9.59 Å². The molecule has 9 rings (SSSR count). The fourth-order valence-corrected chi connectivity index (χ4v) is 12.0. The average molecular weight is 1480 g/mol. The molecule has 6 N–H and O–H groups in total. The minimum absolute atomic E-state index is 0.113. The number of aliphatic hydroxyl groups is 2. The second-order valence-corrected chi connectivity index (χ2v) is 27.5. The number of aromatic nitrogens is 4. The summed E-state index contributed by atoms with van der Waals surface area (Å²) >= 11 is 0. The van der Waals surface area contributed by atoms with E-state index in [1.807, 2.05) is 0 Å². The summed E-state index contributed by atoms with van der Waals surface area (Å²) in [6.45, 7) is 2.10. The van der Waals surface area contributed by atoms with Gasteiger partial charge in [0.15, 0.2) is 24.2 Å². The number of nitrogens with zero attached hydrogens (tertiary/aromatic N) is 12. The maximum atomic E-state index is 15.2. The van der Waals surface area contributed by atoms with Gasteiger partial charge in [0.05, 0.1) is 97.9 Å². The standard InChI is InChI=1S/C68H84N16O22/c1-33-21-37(33)63(95)105-47-17-19-73-83-53(47)59(91)71-27-49(85)79(7)29-51(87)81(9)56(68(5,6)100)66(98)104-32-46(78-58(90)44-26-70-42-24-36(102-12)14-16-40(42)76-44)62(94)84-54(48(18-20-74-84)106-64(96)38-22-34(38)2)60(92)72-28-50(86)80(8)30-52(88)82(10)55(67(3,4)99)65(97)103-31-45(61(83)93)77-57(89)43-25-69-41-23-35(101-11)13-15-39(41)75-43/h13-16,19-20,23-26,33-34,37-38,45-48,53-56,99-100H,17-18,21-22,27-32H2,1-12H3,(H,71,91)(H,72,92)(H,77,89)(H,78,90)/t33?,34?,37?,38?,45-,46-,47+,48+,53+,54+,55-,56-/m1/s1. The number of carbonyl (C=O) groups excluding carboxylic acids is 14. The highest BCUT2D eigenvalue weighted by molar-refractivity contribution is 6.02. The molecule has 0 bridgehead atoms. The number of likely N-dealkylation sites (N-methyl/N-ethyl adjacent to an activating group) is 4. The van der Waals surface area contributed by atoms with Crippen molar-refractivity contribution in [3.05, 3.63) is 60.2 Å². The Bertz CT molecular complexity index is 3950. The van der Waals surface area contributed by atoms with E-state index in [0.717, 1.165) is 100 Å². The lowest BCUT2D eigenvalue weighted by Gasteiger charge is -2.37. The van der Waals surface area contributed by atoms with Crippen molar-refractivity contribution >= 4 is 117 Å². The molecule has 3 aliphatic heterocycles. The summed E-state index contributed by atoms with van der Waals surface area (Å²) in [4.78, 5) is 222. The van der Waals surface area contributed by atoms with Gasteiger partial charge in [-0.3, -0.25) is 67.5 Å². The number of ether oxygens (including phenoxy) is 6. The topological polar surface area (TPSA) is 479 Å². The van der Waals surface area contributed by atoms with Crippen LogP contribution in [-0.4, -0.2) is 297 Å². The molecule has 3 fully saturated rings. The maximum Gasteiger partial charge on any atom is 0.331 e. The van der Waals surface area contributed by atoms with Gasteiger partial charge in [0.2, 0.25) is 35.4 Å². The van der Waals surface area contributed by atoms with Crippen molar-refractivity contribution in [1.29, 1.82) is 0 Å². The fourth-order valence-electron chi connectivity index (χ4n) is 12.0. The minimum atomic E-state index is -2.21. The van der Waals surface area contributed by atoms with Crippen LogP contribution in [0.3, 0.4) is 0 Å². The molecule has 2 aromatic carbocycles. The van der Waals surface area contributed by atoms with Gasteiger partial charge < -0.3 is 79.5 Å². The summed E-state index contributed by atoms with van der Waals surface area (Å²) < 4.78 is 33.6. The van der Waals surface area contributed by atoms with Crippen LogP contribution in [-0.2, 0) is 76.5 Å². The monoisotopic (exact) mass is 1480 g/mol. The van der Waals surface area contributed by atoms with Gasteiger partial charge in [0, 0.05) is 65.6 Å².